The number of hydrogen-bond donors (Lipinski definition) is 2. The molecule has 6 nitrogen and oxygen atoms in total. The first-order chi connectivity index (χ1) is 15.4. The van der Waals surface area contributed by atoms with E-state index in [-0.39, 0.29) is 5.91 Å². The summed E-state index contributed by atoms with van der Waals surface area (Å²) in [7, 11) is 3.99. The summed E-state index contributed by atoms with van der Waals surface area (Å²) in [6.45, 7) is 0.631. The highest BCUT2D eigenvalue weighted by Crippen LogP contribution is 2.29. The molecule has 0 saturated heterocycles. The Kier molecular flexibility index (Phi) is 7.01. The van der Waals surface area contributed by atoms with Crippen LogP contribution in [0.4, 0.5) is 11.8 Å². The highest BCUT2D eigenvalue weighted by molar-refractivity contribution is 6.43. The van der Waals surface area contributed by atoms with E-state index in [1.54, 1.807) is 18.2 Å². The third-order valence-corrected chi connectivity index (χ3v) is 6.75. The first kappa shape index (κ1) is 22.6. The fourth-order valence-electron chi connectivity index (χ4n) is 4.17. The van der Waals surface area contributed by atoms with Gasteiger partial charge in [-0.2, -0.15) is 4.98 Å². The van der Waals surface area contributed by atoms with Gasteiger partial charge in [0.2, 0.25) is 5.95 Å². The maximum Gasteiger partial charge on any atom is 0.252 e. The SMILES string of the molecule is CN(C)c1nc(N[C@H]2CC[C@@H](CNC(=O)c3cccc(Cl)c3Cl)CC2)nc2ccccc12. The molecule has 1 aliphatic carbocycles. The predicted molar refractivity (Wildman–Crippen MR) is 132 cm³/mol. The number of carbonyl (C=O) groups excluding carboxylic acids is 1. The fraction of sp³-hybridized carbons (Fsp3) is 0.375. The smallest absolute Gasteiger partial charge is 0.252 e. The lowest BCUT2D eigenvalue weighted by molar-refractivity contribution is 0.0943. The van der Waals surface area contributed by atoms with Crippen molar-refractivity contribution in [2.75, 3.05) is 30.9 Å². The van der Waals surface area contributed by atoms with Gasteiger partial charge in [0.05, 0.1) is 21.1 Å². The van der Waals surface area contributed by atoms with Crippen molar-refractivity contribution in [1.82, 2.24) is 15.3 Å². The maximum absolute atomic E-state index is 12.5. The van der Waals surface area contributed by atoms with Crippen LogP contribution >= 0.6 is 23.2 Å². The third-order valence-electron chi connectivity index (χ3n) is 5.93. The van der Waals surface area contributed by atoms with E-state index in [1.165, 1.54) is 0 Å². The number of nitrogens with zero attached hydrogens (tertiary/aromatic N) is 3. The van der Waals surface area contributed by atoms with Crippen LogP contribution < -0.4 is 15.5 Å². The van der Waals surface area contributed by atoms with Crippen LogP contribution in [0, 0.1) is 5.92 Å². The Labute approximate surface area is 198 Å². The predicted octanol–water partition coefficient (Wildman–Crippen LogP) is 5.40. The van der Waals surface area contributed by atoms with Crippen LogP contribution in [0.2, 0.25) is 10.0 Å². The first-order valence-electron chi connectivity index (χ1n) is 10.8. The van der Waals surface area contributed by atoms with Crippen molar-refractivity contribution in [2.24, 2.45) is 5.92 Å². The van der Waals surface area contributed by atoms with Crippen LogP contribution in [0.5, 0.6) is 0 Å². The van der Waals surface area contributed by atoms with Gasteiger partial charge < -0.3 is 15.5 Å². The van der Waals surface area contributed by atoms with Crippen LogP contribution in [0.25, 0.3) is 10.9 Å². The number of nitrogens with one attached hydrogen (secondary N) is 2. The van der Waals surface area contributed by atoms with E-state index in [9.17, 15) is 4.79 Å². The molecule has 0 unspecified atom stereocenters. The van der Waals surface area contributed by atoms with Crippen molar-refractivity contribution in [3.63, 3.8) is 0 Å². The van der Waals surface area contributed by atoms with E-state index in [4.69, 9.17) is 33.2 Å². The molecule has 2 aromatic carbocycles. The molecule has 0 aliphatic heterocycles. The number of aromatic nitrogens is 2. The minimum atomic E-state index is -0.182. The Morgan fingerprint density at radius 3 is 2.53 bits per heavy atom. The second-order valence-corrected chi connectivity index (χ2v) is 9.24. The van der Waals surface area contributed by atoms with Crippen LogP contribution in [0.3, 0.4) is 0 Å². The van der Waals surface area contributed by atoms with Gasteiger partial charge in [-0.15, -0.1) is 0 Å². The quantitative estimate of drug-likeness (QED) is 0.503. The largest absolute Gasteiger partial charge is 0.362 e. The lowest BCUT2D eigenvalue weighted by atomic mass is 9.86. The van der Waals surface area contributed by atoms with Crippen LogP contribution in [-0.4, -0.2) is 42.6 Å². The topological polar surface area (TPSA) is 70.2 Å². The molecular formula is C24H27Cl2N5O. The summed E-state index contributed by atoms with van der Waals surface area (Å²) in [6, 6.07) is 13.5. The highest BCUT2D eigenvalue weighted by atomic mass is 35.5. The van der Waals surface area contributed by atoms with Gasteiger partial charge in [-0.1, -0.05) is 41.4 Å². The summed E-state index contributed by atoms with van der Waals surface area (Å²) >= 11 is 12.2. The Bertz CT molecular complexity index is 1110. The van der Waals surface area contributed by atoms with Crippen molar-refractivity contribution < 1.29 is 4.79 Å². The summed E-state index contributed by atoms with van der Waals surface area (Å²) in [5, 5.41) is 8.26. The van der Waals surface area contributed by atoms with E-state index in [0.717, 1.165) is 42.4 Å². The van der Waals surface area contributed by atoms with E-state index >= 15 is 0 Å². The molecule has 32 heavy (non-hydrogen) atoms. The van der Waals surface area contributed by atoms with Crippen molar-refractivity contribution in [2.45, 2.75) is 31.7 Å². The summed E-state index contributed by atoms with van der Waals surface area (Å²) < 4.78 is 0. The number of carbonyl (C=O) groups is 1. The molecule has 1 saturated carbocycles. The number of hydrogen-bond acceptors (Lipinski definition) is 5. The lowest BCUT2D eigenvalue weighted by Crippen LogP contribution is -2.34. The van der Waals surface area contributed by atoms with Crippen molar-refractivity contribution >= 4 is 51.8 Å². The molecule has 0 radical (unpaired) electrons. The van der Waals surface area contributed by atoms with Gasteiger partial charge in [0, 0.05) is 32.1 Å². The van der Waals surface area contributed by atoms with Gasteiger partial charge >= 0.3 is 0 Å². The molecule has 1 fully saturated rings. The Morgan fingerprint density at radius 1 is 1.03 bits per heavy atom. The third kappa shape index (κ3) is 5.08. The molecular weight excluding hydrogens is 445 g/mol. The maximum atomic E-state index is 12.5. The molecule has 0 spiro atoms. The zero-order valence-electron chi connectivity index (χ0n) is 18.2. The van der Waals surface area contributed by atoms with Gasteiger partial charge in [0.25, 0.3) is 5.91 Å². The molecule has 8 heteroatoms. The average molecular weight is 472 g/mol. The summed E-state index contributed by atoms with van der Waals surface area (Å²) in [5.74, 6) is 1.83. The molecule has 168 valence electrons. The minimum absolute atomic E-state index is 0.182. The number of rotatable bonds is 6. The fourth-order valence-corrected chi connectivity index (χ4v) is 4.56. The van der Waals surface area contributed by atoms with Gasteiger partial charge in [-0.05, 0) is 55.9 Å². The van der Waals surface area contributed by atoms with Crippen molar-refractivity contribution in [3.05, 3.63) is 58.1 Å². The number of anilines is 2. The van der Waals surface area contributed by atoms with Crippen LogP contribution in [-0.2, 0) is 0 Å². The number of amides is 1. The molecule has 0 atom stereocenters. The molecule has 3 aromatic rings. The second kappa shape index (κ2) is 9.92. The second-order valence-electron chi connectivity index (χ2n) is 8.46. The number of para-hydroxylation sites is 1. The Balaban J connectivity index is 1.32. The van der Waals surface area contributed by atoms with E-state index < -0.39 is 0 Å². The van der Waals surface area contributed by atoms with Gasteiger partial charge in [0.1, 0.15) is 5.82 Å². The van der Waals surface area contributed by atoms with Gasteiger partial charge in [-0.3, -0.25) is 4.79 Å². The summed E-state index contributed by atoms with van der Waals surface area (Å²) in [5.41, 5.74) is 1.35. The lowest BCUT2D eigenvalue weighted by Gasteiger charge is -2.29. The van der Waals surface area contributed by atoms with Gasteiger partial charge in [0.15, 0.2) is 0 Å². The molecule has 1 heterocycles. The number of benzene rings is 2. The highest BCUT2D eigenvalue weighted by Gasteiger charge is 2.23. The normalized spacial score (nSPS) is 18.4. The summed E-state index contributed by atoms with van der Waals surface area (Å²) in [4.78, 5) is 23.9. The van der Waals surface area contributed by atoms with Crippen molar-refractivity contribution in [1.29, 1.82) is 0 Å². The monoisotopic (exact) mass is 471 g/mol. The molecule has 4 rings (SSSR count). The molecule has 1 aliphatic rings. The molecule has 1 aromatic heterocycles. The van der Waals surface area contributed by atoms with Gasteiger partial charge in [-0.25, -0.2) is 4.98 Å². The zero-order valence-corrected chi connectivity index (χ0v) is 19.7. The van der Waals surface area contributed by atoms with E-state index in [2.05, 4.69) is 10.6 Å². The van der Waals surface area contributed by atoms with Crippen LogP contribution in [0.1, 0.15) is 36.0 Å². The minimum Gasteiger partial charge on any atom is -0.362 e. The standard InChI is InChI=1S/C24H27Cl2N5O/c1-31(2)22-17-6-3-4-9-20(17)29-24(30-22)28-16-12-10-15(11-13-16)14-27-23(32)18-7-5-8-19(25)21(18)26/h3-9,15-16H,10-14H2,1-2H3,(H,27,32)(H,28,29,30)/t15-,16+. The Hall–Kier alpha value is -2.57. The summed E-state index contributed by atoms with van der Waals surface area (Å²) in [6.07, 6.45) is 4.06. The van der Waals surface area contributed by atoms with Crippen molar-refractivity contribution in [3.8, 4) is 0 Å². The van der Waals surface area contributed by atoms with Crippen LogP contribution in [0.15, 0.2) is 42.5 Å². The average Bonchev–Trinajstić information content (AvgIpc) is 2.79. The molecule has 2 N–H and O–H groups in total. The molecule has 1 amide bonds. The number of fused-ring (bicyclic) bond motifs is 1. The molecule has 0 bridgehead atoms. The number of halogens is 2. The Morgan fingerprint density at radius 2 is 1.78 bits per heavy atom. The van der Waals surface area contributed by atoms with E-state index in [0.29, 0.717) is 40.1 Å². The zero-order chi connectivity index (χ0) is 22.7. The van der Waals surface area contributed by atoms with E-state index in [1.807, 2.05) is 43.3 Å². The first-order valence-corrected chi connectivity index (χ1v) is 11.6.